The first-order valence-corrected chi connectivity index (χ1v) is 6.49. The van der Waals surface area contributed by atoms with Gasteiger partial charge in [0.15, 0.2) is 6.29 Å². The van der Waals surface area contributed by atoms with E-state index in [0.29, 0.717) is 11.6 Å². The first-order valence-electron chi connectivity index (χ1n) is 6.49. The fourth-order valence-corrected chi connectivity index (χ4v) is 2.80. The number of imidazole rings is 1. The Hall–Kier alpha value is -1.68. The minimum atomic E-state index is 0.439. The molecule has 0 aliphatic carbocycles. The van der Waals surface area contributed by atoms with Crippen LogP contribution in [0.5, 0.6) is 0 Å². The second-order valence-electron chi connectivity index (χ2n) is 4.80. The molecule has 0 bridgehead atoms. The Morgan fingerprint density at radius 3 is 3.11 bits per heavy atom. The normalized spacial score (nSPS) is 20.6. The van der Waals surface area contributed by atoms with Crippen molar-refractivity contribution in [2.75, 3.05) is 13.1 Å². The molecule has 1 atom stereocenters. The van der Waals surface area contributed by atoms with Crippen LogP contribution in [-0.2, 0) is 0 Å². The van der Waals surface area contributed by atoms with Crippen LogP contribution in [0, 0.1) is 0 Å². The van der Waals surface area contributed by atoms with Gasteiger partial charge in [-0.2, -0.15) is 0 Å². The average Bonchev–Trinajstić information content (AvgIpc) is 3.03. The van der Waals surface area contributed by atoms with E-state index in [1.807, 2.05) is 22.7 Å². The lowest BCUT2D eigenvalue weighted by Crippen LogP contribution is -2.22. The van der Waals surface area contributed by atoms with Gasteiger partial charge in [-0.25, -0.2) is 4.98 Å². The number of fused-ring (bicyclic) bond motifs is 1. The summed E-state index contributed by atoms with van der Waals surface area (Å²) in [7, 11) is 0. The molecule has 1 fully saturated rings. The molecule has 94 valence electrons. The van der Waals surface area contributed by atoms with E-state index in [1.165, 1.54) is 12.8 Å². The number of hydrogen-bond acceptors (Lipinski definition) is 3. The van der Waals surface area contributed by atoms with Crippen molar-refractivity contribution in [2.45, 2.75) is 25.8 Å². The van der Waals surface area contributed by atoms with E-state index in [2.05, 4.69) is 23.0 Å². The number of nitrogens with zero attached hydrogens (tertiary/aromatic N) is 3. The van der Waals surface area contributed by atoms with Crippen molar-refractivity contribution in [1.82, 2.24) is 14.3 Å². The molecule has 0 aromatic carbocycles. The molecule has 4 heteroatoms. The summed E-state index contributed by atoms with van der Waals surface area (Å²) in [6, 6.07) is 4.15. The summed E-state index contributed by atoms with van der Waals surface area (Å²) in [5.74, 6) is 0. The highest BCUT2D eigenvalue weighted by atomic mass is 16.1. The fourth-order valence-electron chi connectivity index (χ4n) is 2.80. The van der Waals surface area contributed by atoms with Gasteiger partial charge >= 0.3 is 0 Å². The molecule has 4 nitrogen and oxygen atoms in total. The second kappa shape index (κ2) is 4.53. The molecule has 0 saturated carbocycles. The van der Waals surface area contributed by atoms with Gasteiger partial charge in [0.05, 0.1) is 11.7 Å². The van der Waals surface area contributed by atoms with Crippen LogP contribution in [0.1, 0.15) is 41.9 Å². The Kier molecular flexibility index (Phi) is 2.88. The Morgan fingerprint density at radius 2 is 2.33 bits per heavy atom. The van der Waals surface area contributed by atoms with Gasteiger partial charge in [-0.15, -0.1) is 0 Å². The van der Waals surface area contributed by atoms with Crippen molar-refractivity contribution >= 4 is 11.9 Å². The van der Waals surface area contributed by atoms with Crippen molar-refractivity contribution in [3.63, 3.8) is 0 Å². The van der Waals surface area contributed by atoms with Gasteiger partial charge in [-0.3, -0.25) is 9.69 Å². The standard InChI is InChI=1S/C14H17N3O/c1-2-16-7-3-4-13(16)12-9-17-8-11(10-18)5-6-14(17)15-12/h5-6,8-10,13H,2-4,7H2,1H3. The maximum atomic E-state index is 10.8. The molecular weight excluding hydrogens is 226 g/mol. The number of aromatic nitrogens is 2. The first kappa shape index (κ1) is 11.4. The summed E-state index contributed by atoms with van der Waals surface area (Å²) < 4.78 is 1.95. The Morgan fingerprint density at radius 1 is 1.44 bits per heavy atom. The quantitative estimate of drug-likeness (QED) is 0.776. The third-order valence-corrected chi connectivity index (χ3v) is 3.74. The number of pyridine rings is 1. The zero-order valence-electron chi connectivity index (χ0n) is 10.5. The van der Waals surface area contributed by atoms with E-state index < -0.39 is 0 Å². The van der Waals surface area contributed by atoms with Gasteiger partial charge in [0.2, 0.25) is 0 Å². The molecule has 0 amide bonds. The number of rotatable bonds is 3. The zero-order chi connectivity index (χ0) is 12.5. The Bertz CT molecular complexity index is 575. The third kappa shape index (κ3) is 1.82. The number of aldehydes is 1. The van der Waals surface area contributed by atoms with Crippen molar-refractivity contribution in [3.8, 4) is 0 Å². The van der Waals surface area contributed by atoms with Crippen molar-refractivity contribution in [1.29, 1.82) is 0 Å². The predicted molar refractivity (Wildman–Crippen MR) is 69.8 cm³/mol. The fraction of sp³-hybridized carbons (Fsp3) is 0.429. The molecule has 3 rings (SSSR count). The number of hydrogen-bond donors (Lipinski definition) is 0. The zero-order valence-corrected chi connectivity index (χ0v) is 10.5. The van der Waals surface area contributed by atoms with Gasteiger partial charge in [0, 0.05) is 18.0 Å². The SMILES string of the molecule is CCN1CCCC1c1cn2cc(C=O)ccc2n1. The molecule has 3 heterocycles. The Labute approximate surface area is 106 Å². The summed E-state index contributed by atoms with van der Waals surface area (Å²) >= 11 is 0. The largest absolute Gasteiger partial charge is 0.306 e. The van der Waals surface area contributed by atoms with Crippen LogP contribution in [0.3, 0.4) is 0 Å². The molecule has 1 saturated heterocycles. The van der Waals surface area contributed by atoms with Crippen LogP contribution in [0.25, 0.3) is 5.65 Å². The number of carbonyl (C=O) groups excluding carboxylic acids is 1. The Balaban J connectivity index is 2.00. The molecule has 1 unspecified atom stereocenters. The van der Waals surface area contributed by atoms with E-state index in [4.69, 9.17) is 0 Å². The topological polar surface area (TPSA) is 37.6 Å². The molecule has 1 aliphatic heterocycles. The molecule has 2 aromatic heterocycles. The highest BCUT2D eigenvalue weighted by molar-refractivity contribution is 5.74. The van der Waals surface area contributed by atoms with Crippen LogP contribution in [0.2, 0.25) is 0 Å². The molecule has 0 spiro atoms. The second-order valence-corrected chi connectivity index (χ2v) is 4.80. The van der Waals surface area contributed by atoms with Gasteiger partial charge in [0.25, 0.3) is 0 Å². The molecule has 2 aromatic rings. The van der Waals surface area contributed by atoms with Gasteiger partial charge in [-0.1, -0.05) is 6.92 Å². The van der Waals surface area contributed by atoms with Crippen LogP contribution in [-0.4, -0.2) is 33.7 Å². The maximum absolute atomic E-state index is 10.8. The molecule has 1 aliphatic rings. The molecule has 0 N–H and O–H groups in total. The van der Waals surface area contributed by atoms with E-state index >= 15 is 0 Å². The number of likely N-dealkylation sites (tertiary alicyclic amines) is 1. The third-order valence-electron chi connectivity index (χ3n) is 3.74. The lowest BCUT2D eigenvalue weighted by molar-refractivity contribution is 0.112. The molecular formula is C14H17N3O. The van der Waals surface area contributed by atoms with Crippen LogP contribution in [0.4, 0.5) is 0 Å². The summed E-state index contributed by atoms with van der Waals surface area (Å²) in [6.45, 7) is 4.42. The van der Waals surface area contributed by atoms with Gasteiger partial charge in [-0.05, 0) is 38.1 Å². The van der Waals surface area contributed by atoms with E-state index in [1.54, 1.807) is 0 Å². The van der Waals surface area contributed by atoms with Crippen molar-refractivity contribution in [2.24, 2.45) is 0 Å². The van der Waals surface area contributed by atoms with Crippen LogP contribution >= 0.6 is 0 Å². The summed E-state index contributed by atoms with van der Waals surface area (Å²) in [6.07, 6.45) is 7.18. The van der Waals surface area contributed by atoms with Crippen molar-refractivity contribution < 1.29 is 4.79 Å². The minimum Gasteiger partial charge on any atom is -0.306 e. The summed E-state index contributed by atoms with van der Waals surface area (Å²) in [5, 5.41) is 0. The smallest absolute Gasteiger partial charge is 0.151 e. The van der Waals surface area contributed by atoms with Crippen molar-refractivity contribution in [3.05, 3.63) is 35.8 Å². The van der Waals surface area contributed by atoms with Gasteiger partial charge < -0.3 is 4.40 Å². The maximum Gasteiger partial charge on any atom is 0.151 e. The number of carbonyl (C=O) groups is 1. The average molecular weight is 243 g/mol. The summed E-state index contributed by atoms with van der Waals surface area (Å²) in [5.41, 5.74) is 2.72. The minimum absolute atomic E-state index is 0.439. The molecule has 0 radical (unpaired) electrons. The van der Waals surface area contributed by atoms with Gasteiger partial charge in [0.1, 0.15) is 5.65 Å². The first-order chi connectivity index (χ1) is 8.81. The lowest BCUT2D eigenvalue weighted by atomic mass is 10.1. The predicted octanol–water partition coefficient (Wildman–Crippen LogP) is 2.30. The highest BCUT2D eigenvalue weighted by Gasteiger charge is 2.26. The van der Waals surface area contributed by atoms with Crippen LogP contribution in [0.15, 0.2) is 24.5 Å². The highest BCUT2D eigenvalue weighted by Crippen LogP contribution is 2.30. The lowest BCUT2D eigenvalue weighted by Gasteiger charge is -2.20. The summed E-state index contributed by atoms with van der Waals surface area (Å²) in [4.78, 5) is 17.9. The monoisotopic (exact) mass is 243 g/mol. The van der Waals surface area contributed by atoms with E-state index in [0.717, 1.165) is 30.7 Å². The van der Waals surface area contributed by atoms with E-state index in [9.17, 15) is 4.79 Å². The van der Waals surface area contributed by atoms with E-state index in [-0.39, 0.29) is 0 Å². The molecule has 18 heavy (non-hydrogen) atoms. The van der Waals surface area contributed by atoms with Crippen LogP contribution < -0.4 is 0 Å².